The molecule has 0 heterocycles. The van der Waals surface area contributed by atoms with Crippen LogP contribution in [0.15, 0.2) is 0 Å². The summed E-state index contributed by atoms with van der Waals surface area (Å²) in [6, 6.07) is 0. The molecule has 0 aromatic rings. The van der Waals surface area contributed by atoms with Gasteiger partial charge in [0.15, 0.2) is 12.2 Å². The van der Waals surface area contributed by atoms with E-state index in [1.54, 1.807) is 0 Å². The topological polar surface area (TPSA) is 115 Å². The van der Waals surface area contributed by atoms with Gasteiger partial charge >= 0.3 is 39.2 Å². The van der Waals surface area contributed by atoms with E-state index in [1.165, 1.54) is 0 Å². The van der Waals surface area contributed by atoms with Crippen molar-refractivity contribution in [1.82, 2.24) is 0 Å². The van der Waals surface area contributed by atoms with Gasteiger partial charge in [-0.3, -0.25) is 0 Å². The molecule has 0 bridgehead atoms. The monoisotopic (exact) mass is 360 g/mol. The summed E-state index contributed by atoms with van der Waals surface area (Å²) in [5.41, 5.74) is 0. The summed E-state index contributed by atoms with van der Waals surface area (Å²) >= 11 is 0. The minimum absolute atomic E-state index is 0. The second-order valence-corrected chi connectivity index (χ2v) is 1.57. The third-order valence-electron chi connectivity index (χ3n) is 0.805. The van der Waals surface area contributed by atoms with E-state index in [-0.39, 0.29) is 27.3 Å². The van der Waals surface area contributed by atoms with Crippen molar-refractivity contribution in [3.8, 4) is 0 Å². The Hall–Kier alpha value is -0.218. The Labute approximate surface area is 81.6 Å². The quantitative estimate of drug-likeness (QED) is 0.399. The first kappa shape index (κ1) is 13.4. The van der Waals surface area contributed by atoms with Crippen LogP contribution in [0.4, 0.5) is 0 Å². The predicted octanol–water partition coefficient (Wildman–Crippen LogP) is -3.04. The molecule has 0 aromatic carbocycles. The van der Waals surface area contributed by atoms with Crippen LogP contribution in [0.2, 0.25) is 0 Å². The zero-order valence-electron chi connectivity index (χ0n) is 5.47. The Bertz CT molecular complexity index is 139. The average molecular weight is 359 g/mol. The van der Waals surface area contributed by atoms with Crippen LogP contribution in [0.3, 0.4) is 0 Å². The average Bonchev–Trinajstić information content (AvgIpc) is 1.84. The summed E-state index contributed by atoms with van der Waals surface area (Å²) in [5, 5.41) is 32.5. The number of aliphatic hydroxyl groups excluding tert-OH is 2. The summed E-state index contributed by atoms with van der Waals surface area (Å²) in [4.78, 5) is 19.5. The molecule has 2 radical (unpaired) electrons. The van der Waals surface area contributed by atoms with E-state index < -0.39 is 24.1 Å². The number of carboxylic acid groups (broad SMARTS) is 2. The molecule has 0 fully saturated rings. The molecule has 0 aliphatic carbocycles. The van der Waals surface area contributed by atoms with E-state index in [9.17, 15) is 9.59 Å². The van der Waals surface area contributed by atoms with Crippen LogP contribution >= 0.6 is 0 Å². The summed E-state index contributed by atoms with van der Waals surface area (Å²) in [6.45, 7) is 0. The molecule has 2 unspecified atom stereocenters. The van der Waals surface area contributed by atoms with Crippen LogP contribution < -0.4 is 0 Å². The fourth-order valence-electron chi connectivity index (χ4n) is 0.270. The van der Waals surface area contributed by atoms with Crippen LogP contribution in [0.1, 0.15) is 0 Å². The Morgan fingerprint density at radius 1 is 0.909 bits per heavy atom. The summed E-state index contributed by atoms with van der Waals surface area (Å²) in [7, 11) is 0. The molecule has 64 valence electrons. The Kier molecular flexibility index (Phi) is 6.61. The second-order valence-electron chi connectivity index (χ2n) is 1.57. The third-order valence-corrected chi connectivity index (χ3v) is 0.805. The first-order valence-corrected chi connectivity index (χ1v) is 2.28. The van der Waals surface area contributed by atoms with Crippen molar-refractivity contribution in [2.45, 2.75) is 12.2 Å². The van der Waals surface area contributed by atoms with Gasteiger partial charge in [0, 0.05) is 0 Å². The first-order valence-electron chi connectivity index (χ1n) is 2.28. The van der Waals surface area contributed by atoms with Gasteiger partial charge in [-0.2, -0.15) is 0 Å². The molecule has 4 N–H and O–H groups in total. The molecule has 6 nitrogen and oxygen atoms in total. The van der Waals surface area contributed by atoms with Crippen LogP contribution in [0, 0.1) is 0 Å². The Morgan fingerprint density at radius 3 is 1.18 bits per heavy atom. The van der Waals surface area contributed by atoms with E-state index >= 15 is 0 Å². The van der Waals surface area contributed by atoms with Crippen molar-refractivity contribution in [1.29, 1.82) is 0 Å². The van der Waals surface area contributed by atoms with Gasteiger partial charge in [-0.15, -0.1) is 0 Å². The fraction of sp³-hybridized carbons (Fsp3) is 0.500. The summed E-state index contributed by atoms with van der Waals surface area (Å²) < 4.78 is 0. The number of hydrogen-bond acceptors (Lipinski definition) is 4. The molecule has 11 heavy (non-hydrogen) atoms. The van der Waals surface area contributed by atoms with E-state index in [0.717, 1.165) is 0 Å². The van der Waals surface area contributed by atoms with Crippen molar-refractivity contribution < 1.29 is 30.0 Å². The molecule has 0 aromatic heterocycles. The van der Waals surface area contributed by atoms with Gasteiger partial charge in [0.1, 0.15) is 0 Å². The minimum atomic E-state index is -2.27. The zero-order valence-corrected chi connectivity index (χ0v) is 11.0. The van der Waals surface area contributed by atoms with Crippen molar-refractivity contribution in [3.63, 3.8) is 0 Å². The first-order chi connectivity index (χ1) is 4.46. The number of carbonyl (C=O) groups is 2. The van der Waals surface area contributed by atoms with Gasteiger partial charge in [-0.25, -0.2) is 9.59 Å². The Balaban J connectivity index is 0. The van der Waals surface area contributed by atoms with Gasteiger partial charge in [0.25, 0.3) is 0 Å². The molecule has 0 aliphatic rings. The van der Waals surface area contributed by atoms with Crippen molar-refractivity contribution in [2.24, 2.45) is 0 Å². The predicted molar refractivity (Wildman–Crippen MR) is 35.8 cm³/mol. The van der Waals surface area contributed by atoms with E-state index in [4.69, 9.17) is 20.4 Å². The number of aliphatic hydroxyl groups is 2. The third kappa shape index (κ3) is 4.27. The maximum atomic E-state index is 9.77. The van der Waals surface area contributed by atoms with Crippen LogP contribution in [0.25, 0.3) is 0 Å². The van der Waals surface area contributed by atoms with Gasteiger partial charge in [0.05, 0.1) is 0 Å². The van der Waals surface area contributed by atoms with Crippen LogP contribution in [-0.2, 0) is 9.59 Å². The number of hydrogen-bond donors (Lipinski definition) is 4. The molecule has 0 aliphatic heterocycles. The van der Waals surface area contributed by atoms with Gasteiger partial charge < -0.3 is 20.4 Å². The summed E-state index contributed by atoms with van der Waals surface area (Å²) in [6.07, 6.45) is -4.53. The van der Waals surface area contributed by atoms with Crippen LogP contribution in [0.5, 0.6) is 0 Å². The van der Waals surface area contributed by atoms with Crippen molar-refractivity contribution in [3.05, 3.63) is 0 Å². The maximum absolute atomic E-state index is 9.77. The standard InChI is InChI=1S/C4H6O6.Pb.2H/c5-1(3(7)8)2(6)4(9)10;;;/h1-2,5-6H,(H,7,8)(H,9,10);;;. The fourth-order valence-corrected chi connectivity index (χ4v) is 0.270. The van der Waals surface area contributed by atoms with Gasteiger partial charge in [0.2, 0.25) is 0 Å². The van der Waals surface area contributed by atoms with E-state index in [0.29, 0.717) is 0 Å². The molecule has 0 spiro atoms. The van der Waals surface area contributed by atoms with E-state index in [2.05, 4.69) is 0 Å². The molecular formula is C4H8O6Pb. The number of aliphatic carboxylic acids is 2. The molecule has 0 saturated heterocycles. The number of carboxylic acids is 2. The zero-order chi connectivity index (χ0) is 8.31. The molecule has 0 amide bonds. The normalized spacial score (nSPS) is 14.4. The molecule has 2 atom stereocenters. The SMILES string of the molecule is O=C(O)C(O)C(O)C(=O)O.[PbH2]. The van der Waals surface area contributed by atoms with E-state index in [1.807, 2.05) is 0 Å². The molecular weight excluding hydrogens is 351 g/mol. The molecule has 0 rings (SSSR count). The summed E-state index contributed by atoms with van der Waals surface area (Å²) in [5.74, 6) is -3.54. The van der Waals surface area contributed by atoms with Crippen molar-refractivity contribution in [2.75, 3.05) is 0 Å². The molecule has 7 heteroatoms. The van der Waals surface area contributed by atoms with Gasteiger partial charge in [-0.05, 0) is 0 Å². The number of rotatable bonds is 3. The Morgan fingerprint density at radius 2 is 1.09 bits per heavy atom. The molecule has 0 saturated carbocycles. The van der Waals surface area contributed by atoms with Crippen LogP contribution in [-0.4, -0.2) is 71.9 Å². The second kappa shape index (κ2) is 5.43. The van der Waals surface area contributed by atoms with Gasteiger partial charge in [-0.1, -0.05) is 0 Å². The van der Waals surface area contributed by atoms with Crippen molar-refractivity contribution >= 4 is 39.2 Å².